The number of hydrogen-bond acceptors (Lipinski definition) is 2. The van der Waals surface area contributed by atoms with E-state index in [9.17, 15) is 0 Å². The first-order chi connectivity index (χ1) is 6.93. The molecule has 0 saturated heterocycles. The summed E-state index contributed by atoms with van der Waals surface area (Å²) in [6, 6.07) is 10.5. The van der Waals surface area contributed by atoms with E-state index in [0.29, 0.717) is 0 Å². The van der Waals surface area contributed by atoms with Crippen LogP contribution in [-0.2, 0) is 6.42 Å². The highest BCUT2D eigenvalue weighted by molar-refractivity contribution is 5.14. The van der Waals surface area contributed by atoms with Gasteiger partial charge in [0.05, 0.1) is 13.1 Å². The quantitative estimate of drug-likeness (QED) is 0.484. The van der Waals surface area contributed by atoms with Crippen molar-refractivity contribution in [1.82, 2.24) is 0 Å². The van der Waals surface area contributed by atoms with Crippen LogP contribution in [0.2, 0.25) is 0 Å². The zero-order valence-electron chi connectivity index (χ0n) is 8.82. The van der Waals surface area contributed by atoms with Crippen molar-refractivity contribution in [3.63, 3.8) is 0 Å². The number of azo groups is 1. The monoisotopic (exact) mass is 190 g/mol. The Morgan fingerprint density at radius 3 is 2.43 bits per heavy atom. The van der Waals surface area contributed by atoms with Gasteiger partial charge in [0.1, 0.15) is 0 Å². The fraction of sp³-hybridized carbons (Fsp3) is 0.500. The molecule has 2 nitrogen and oxygen atoms in total. The molecule has 0 saturated carbocycles. The van der Waals surface area contributed by atoms with E-state index in [0.717, 1.165) is 32.4 Å². The Morgan fingerprint density at radius 1 is 1.00 bits per heavy atom. The number of hydrogen-bond donors (Lipinski definition) is 0. The predicted molar refractivity (Wildman–Crippen MR) is 59.6 cm³/mol. The standard InChI is InChI=1S/C12H18N2/c1-2-10-13-14-11-6-9-12-7-4-3-5-8-12/h3-5,7-8H,2,6,9-11H2,1H3. The summed E-state index contributed by atoms with van der Waals surface area (Å²) >= 11 is 0. The van der Waals surface area contributed by atoms with Gasteiger partial charge in [-0.25, -0.2) is 0 Å². The van der Waals surface area contributed by atoms with E-state index in [1.165, 1.54) is 5.56 Å². The van der Waals surface area contributed by atoms with E-state index in [-0.39, 0.29) is 0 Å². The van der Waals surface area contributed by atoms with Crippen LogP contribution < -0.4 is 0 Å². The molecule has 0 aliphatic heterocycles. The number of aryl methyl sites for hydroxylation is 1. The van der Waals surface area contributed by atoms with Gasteiger partial charge < -0.3 is 0 Å². The average Bonchev–Trinajstić information content (AvgIpc) is 2.25. The molecule has 1 aromatic rings. The highest BCUT2D eigenvalue weighted by atomic mass is 15.1. The van der Waals surface area contributed by atoms with Crippen LogP contribution in [0, 0.1) is 0 Å². The summed E-state index contributed by atoms with van der Waals surface area (Å²) in [4.78, 5) is 0. The number of benzene rings is 1. The second-order valence-corrected chi connectivity index (χ2v) is 3.32. The van der Waals surface area contributed by atoms with Crippen molar-refractivity contribution in [3.05, 3.63) is 35.9 Å². The van der Waals surface area contributed by atoms with Crippen molar-refractivity contribution >= 4 is 0 Å². The van der Waals surface area contributed by atoms with E-state index in [2.05, 4.69) is 41.4 Å². The highest BCUT2D eigenvalue weighted by Gasteiger charge is 1.89. The molecule has 0 bridgehead atoms. The molecule has 2 heteroatoms. The molecule has 0 N–H and O–H groups in total. The molecular formula is C12H18N2. The van der Waals surface area contributed by atoms with Crippen LogP contribution in [-0.4, -0.2) is 13.1 Å². The van der Waals surface area contributed by atoms with Gasteiger partial charge in [-0.15, -0.1) is 0 Å². The SMILES string of the molecule is CCCN=NCCCc1ccccc1. The Balaban J connectivity index is 2.10. The fourth-order valence-corrected chi connectivity index (χ4v) is 1.24. The first-order valence-corrected chi connectivity index (χ1v) is 5.30. The molecule has 14 heavy (non-hydrogen) atoms. The van der Waals surface area contributed by atoms with Crippen molar-refractivity contribution in [3.8, 4) is 0 Å². The summed E-state index contributed by atoms with van der Waals surface area (Å²) < 4.78 is 0. The van der Waals surface area contributed by atoms with Crippen LogP contribution in [0.5, 0.6) is 0 Å². The van der Waals surface area contributed by atoms with Crippen molar-refractivity contribution < 1.29 is 0 Å². The third-order valence-corrected chi connectivity index (χ3v) is 1.99. The van der Waals surface area contributed by atoms with Crippen molar-refractivity contribution in [2.24, 2.45) is 10.2 Å². The van der Waals surface area contributed by atoms with E-state index >= 15 is 0 Å². The van der Waals surface area contributed by atoms with Gasteiger partial charge in [-0.05, 0) is 24.8 Å². The Hall–Kier alpha value is -1.18. The lowest BCUT2D eigenvalue weighted by atomic mass is 10.1. The van der Waals surface area contributed by atoms with Crippen LogP contribution in [0.1, 0.15) is 25.3 Å². The zero-order valence-corrected chi connectivity index (χ0v) is 8.82. The van der Waals surface area contributed by atoms with Crippen LogP contribution in [0.25, 0.3) is 0 Å². The molecule has 0 aromatic heterocycles. The van der Waals surface area contributed by atoms with E-state index < -0.39 is 0 Å². The molecule has 0 amide bonds. The minimum absolute atomic E-state index is 0.856. The molecule has 0 fully saturated rings. The number of nitrogens with zero attached hydrogens (tertiary/aromatic N) is 2. The second kappa shape index (κ2) is 7.25. The minimum Gasteiger partial charge on any atom is -0.194 e. The van der Waals surface area contributed by atoms with Gasteiger partial charge in [0.15, 0.2) is 0 Å². The van der Waals surface area contributed by atoms with Crippen LogP contribution >= 0.6 is 0 Å². The Kier molecular flexibility index (Phi) is 5.64. The average molecular weight is 190 g/mol. The molecule has 0 aliphatic carbocycles. The second-order valence-electron chi connectivity index (χ2n) is 3.32. The van der Waals surface area contributed by atoms with Gasteiger partial charge in [0.25, 0.3) is 0 Å². The van der Waals surface area contributed by atoms with Gasteiger partial charge in [0.2, 0.25) is 0 Å². The van der Waals surface area contributed by atoms with E-state index in [4.69, 9.17) is 0 Å². The summed E-state index contributed by atoms with van der Waals surface area (Å²) in [7, 11) is 0. The minimum atomic E-state index is 0.856. The van der Waals surface area contributed by atoms with Gasteiger partial charge in [0, 0.05) is 0 Å². The van der Waals surface area contributed by atoms with Crippen molar-refractivity contribution in [2.45, 2.75) is 26.2 Å². The third-order valence-electron chi connectivity index (χ3n) is 1.99. The molecule has 0 radical (unpaired) electrons. The van der Waals surface area contributed by atoms with Crippen molar-refractivity contribution in [2.75, 3.05) is 13.1 Å². The maximum absolute atomic E-state index is 4.10. The number of rotatable bonds is 6. The summed E-state index contributed by atoms with van der Waals surface area (Å²) in [5, 5.41) is 8.15. The van der Waals surface area contributed by atoms with E-state index in [1.807, 2.05) is 6.07 Å². The Labute approximate surface area is 86.1 Å². The molecule has 0 heterocycles. The lowest BCUT2D eigenvalue weighted by molar-refractivity contribution is 0.757. The van der Waals surface area contributed by atoms with E-state index in [1.54, 1.807) is 0 Å². The normalized spacial score (nSPS) is 10.9. The van der Waals surface area contributed by atoms with Crippen LogP contribution in [0.15, 0.2) is 40.6 Å². The van der Waals surface area contributed by atoms with Crippen LogP contribution in [0.4, 0.5) is 0 Å². The zero-order chi connectivity index (χ0) is 10.1. The fourth-order valence-electron chi connectivity index (χ4n) is 1.24. The van der Waals surface area contributed by atoms with Gasteiger partial charge in [-0.2, -0.15) is 10.2 Å². The third kappa shape index (κ3) is 4.75. The van der Waals surface area contributed by atoms with Gasteiger partial charge in [-0.1, -0.05) is 37.3 Å². The smallest absolute Gasteiger partial charge is 0.0602 e. The summed E-state index contributed by atoms with van der Waals surface area (Å²) in [5.41, 5.74) is 1.39. The molecule has 1 rings (SSSR count). The molecule has 0 aliphatic rings. The largest absolute Gasteiger partial charge is 0.194 e. The van der Waals surface area contributed by atoms with Crippen LogP contribution in [0.3, 0.4) is 0 Å². The molecule has 0 atom stereocenters. The molecular weight excluding hydrogens is 172 g/mol. The molecule has 0 spiro atoms. The molecule has 0 unspecified atom stereocenters. The lowest BCUT2D eigenvalue weighted by Gasteiger charge is -1.97. The Morgan fingerprint density at radius 2 is 1.71 bits per heavy atom. The Bertz CT molecular complexity index is 254. The highest BCUT2D eigenvalue weighted by Crippen LogP contribution is 2.02. The summed E-state index contributed by atoms with van der Waals surface area (Å²) in [6.07, 6.45) is 3.28. The maximum atomic E-state index is 4.10. The maximum Gasteiger partial charge on any atom is 0.0602 e. The molecule has 76 valence electrons. The van der Waals surface area contributed by atoms with Gasteiger partial charge >= 0.3 is 0 Å². The predicted octanol–water partition coefficient (Wildman–Crippen LogP) is 3.48. The lowest BCUT2D eigenvalue weighted by Crippen LogP contribution is -1.87. The van der Waals surface area contributed by atoms with Gasteiger partial charge in [-0.3, -0.25) is 0 Å². The van der Waals surface area contributed by atoms with Crippen molar-refractivity contribution in [1.29, 1.82) is 0 Å². The molecule has 1 aromatic carbocycles. The summed E-state index contributed by atoms with van der Waals surface area (Å²) in [6.45, 7) is 3.84. The first kappa shape index (κ1) is 10.9. The first-order valence-electron chi connectivity index (χ1n) is 5.30. The summed E-state index contributed by atoms with van der Waals surface area (Å²) in [5.74, 6) is 0. The topological polar surface area (TPSA) is 24.7 Å².